The van der Waals surface area contributed by atoms with Gasteiger partial charge in [0.25, 0.3) is 0 Å². The Morgan fingerprint density at radius 2 is 1.87 bits per heavy atom. The molecule has 6 nitrogen and oxygen atoms in total. The molecular formula is C16H27N3O3S. The van der Waals surface area contributed by atoms with E-state index in [2.05, 4.69) is 10.3 Å². The summed E-state index contributed by atoms with van der Waals surface area (Å²) in [5.74, 6) is -0.434. The molecule has 0 saturated carbocycles. The minimum absolute atomic E-state index is 0.155. The minimum atomic E-state index is -0.434. The largest absolute Gasteiger partial charge is 0.461 e. The lowest BCUT2D eigenvalue weighted by Crippen LogP contribution is -2.54. The van der Waals surface area contributed by atoms with Crippen molar-refractivity contribution in [3.05, 3.63) is 16.1 Å². The summed E-state index contributed by atoms with van der Waals surface area (Å²) in [7, 11) is 0. The first-order valence-corrected chi connectivity index (χ1v) is 8.53. The second-order valence-corrected chi connectivity index (χ2v) is 8.23. The van der Waals surface area contributed by atoms with Crippen molar-refractivity contribution >= 4 is 23.3 Å². The number of ether oxygens (including phenoxy) is 1. The fourth-order valence-corrected chi connectivity index (χ4v) is 2.57. The average Bonchev–Trinajstić information content (AvgIpc) is 2.81. The highest BCUT2D eigenvalue weighted by Crippen LogP contribution is 2.21. The zero-order chi connectivity index (χ0) is 17.8. The van der Waals surface area contributed by atoms with Crippen LogP contribution in [0.15, 0.2) is 5.38 Å². The van der Waals surface area contributed by atoms with Gasteiger partial charge in [0.1, 0.15) is 5.01 Å². The molecule has 0 saturated heterocycles. The smallest absolute Gasteiger partial charge is 0.357 e. The van der Waals surface area contributed by atoms with Crippen molar-refractivity contribution in [2.45, 2.75) is 66.1 Å². The number of rotatable bonds is 4. The maximum Gasteiger partial charge on any atom is 0.357 e. The number of urea groups is 1. The zero-order valence-electron chi connectivity index (χ0n) is 15.0. The Hall–Kier alpha value is -1.63. The molecule has 0 bridgehead atoms. The van der Waals surface area contributed by atoms with Gasteiger partial charge < -0.3 is 15.0 Å². The Bertz CT molecular complexity index is 556. The van der Waals surface area contributed by atoms with Crippen LogP contribution in [0.1, 0.15) is 64.0 Å². The van der Waals surface area contributed by atoms with Crippen molar-refractivity contribution in [1.82, 2.24) is 15.2 Å². The van der Waals surface area contributed by atoms with Gasteiger partial charge in [0.05, 0.1) is 13.2 Å². The summed E-state index contributed by atoms with van der Waals surface area (Å²) >= 11 is 1.35. The molecule has 0 unspecified atom stereocenters. The van der Waals surface area contributed by atoms with E-state index in [4.69, 9.17) is 4.74 Å². The Balaban J connectivity index is 2.91. The van der Waals surface area contributed by atoms with Crippen molar-refractivity contribution in [3.8, 4) is 0 Å². The number of amides is 2. The van der Waals surface area contributed by atoms with Gasteiger partial charge in [0.15, 0.2) is 5.69 Å². The normalized spacial score (nSPS) is 12.0. The number of nitrogens with zero attached hydrogens (tertiary/aromatic N) is 2. The molecule has 0 aliphatic heterocycles. The van der Waals surface area contributed by atoms with E-state index in [0.717, 1.165) is 0 Å². The van der Waals surface area contributed by atoms with Gasteiger partial charge in [-0.1, -0.05) is 0 Å². The van der Waals surface area contributed by atoms with Gasteiger partial charge in [-0.25, -0.2) is 14.6 Å². The fourth-order valence-electron chi connectivity index (χ4n) is 1.82. The SMILES string of the molecule is CCOC(=O)c1csc(CN(C(=O)NC(C)(C)C)C(C)(C)C)n1. The van der Waals surface area contributed by atoms with Crippen LogP contribution >= 0.6 is 11.3 Å². The third-order valence-electron chi connectivity index (χ3n) is 2.87. The summed E-state index contributed by atoms with van der Waals surface area (Å²) in [6.45, 7) is 14.1. The molecule has 0 atom stereocenters. The molecule has 0 aromatic carbocycles. The molecule has 1 heterocycles. The summed E-state index contributed by atoms with van der Waals surface area (Å²) in [5.41, 5.74) is -0.401. The van der Waals surface area contributed by atoms with Crippen LogP contribution in [-0.4, -0.2) is 39.6 Å². The lowest BCUT2D eigenvalue weighted by atomic mass is 10.1. The Labute approximate surface area is 142 Å². The van der Waals surface area contributed by atoms with Gasteiger partial charge in [-0.15, -0.1) is 11.3 Å². The molecule has 1 aromatic rings. The van der Waals surface area contributed by atoms with Crippen LogP contribution in [0.2, 0.25) is 0 Å². The summed E-state index contributed by atoms with van der Waals surface area (Å²) in [6.07, 6.45) is 0. The highest BCUT2D eigenvalue weighted by Gasteiger charge is 2.30. The third kappa shape index (κ3) is 6.17. The standard InChI is InChI=1S/C16H27N3O3S/c1-8-22-13(20)11-10-23-12(17-11)9-19(16(5,6)7)14(21)18-15(2,3)4/h10H,8-9H2,1-7H3,(H,18,21). The van der Waals surface area contributed by atoms with E-state index >= 15 is 0 Å². The highest BCUT2D eigenvalue weighted by molar-refractivity contribution is 7.09. The molecule has 2 amide bonds. The maximum atomic E-state index is 12.6. The lowest BCUT2D eigenvalue weighted by Gasteiger charge is -2.37. The number of aromatic nitrogens is 1. The number of carbonyl (C=O) groups excluding carboxylic acids is 2. The summed E-state index contributed by atoms with van der Waals surface area (Å²) in [6, 6.07) is -0.155. The monoisotopic (exact) mass is 341 g/mol. The number of esters is 1. The number of hydrogen-bond acceptors (Lipinski definition) is 5. The average molecular weight is 341 g/mol. The molecule has 0 spiro atoms. The Morgan fingerprint density at radius 3 is 2.35 bits per heavy atom. The van der Waals surface area contributed by atoms with Crippen molar-refractivity contribution in [3.63, 3.8) is 0 Å². The molecule has 130 valence electrons. The molecule has 1 aromatic heterocycles. The molecule has 23 heavy (non-hydrogen) atoms. The number of carbonyl (C=O) groups is 2. The van der Waals surface area contributed by atoms with Crippen LogP contribution in [0.3, 0.4) is 0 Å². The molecule has 0 aliphatic carbocycles. The van der Waals surface area contributed by atoms with Gasteiger partial charge in [0, 0.05) is 16.5 Å². The summed E-state index contributed by atoms with van der Waals surface area (Å²) < 4.78 is 4.94. The predicted molar refractivity (Wildman–Crippen MR) is 91.7 cm³/mol. The van der Waals surface area contributed by atoms with E-state index in [0.29, 0.717) is 18.2 Å². The summed E-state index contributed by atoms with van der Waals surface area (Å²) in [4.78, 5) is 30.2. The molecule has 0 radical (unpaired) electrons. The van der Waals surface area contributed by atoms with E-state index in [1.165, 1.54) is 11.3 Å². The maximum absolute atomic E-state index is 12.6. The lowest BCUT2D eigenvalue weighted by molar-refractivity contribution is 0.0520. The molecule has 1 N–H and O–H groups in total. The van der Waals surface area contributed by atoms with Crippen LogP contribution in [0.25, 0.3) is 0 Å². The fraction of sp³-hybridized carbons (Fsp3) is 0.688. The van der Waals surface area contributed by atoms with Crippen molar-refractivity contribution in [2.24, 2.45) is 0 Å². The number of hydrogen-bond donors (Lipinski definition) is 1. The van der Waals surface area contributed by atoms with Crippen LogP contribution in [0, 0.1) is 0 Å². The van der Waals surface area contributed by atoms with E-state index < -0.39 is 5.97 Å². The zero-order valence-corrected chi connectivity index (χ0v) is 15.8. The van der Waals surface area contributed by atoms with E-state index in [1.807, 2.05) is 41.5 Å². The topological polar surface area (TPSA) is 71.5 Å². The second-order valence-electron chi connectivity index (χ2n) is 7.28. The second kappa shape index (κ2) is 7.29. The number of nitrogens with one attached hydrogen (secondary N) is 1. The van der Waals surface area contributed by atoms with Crippen molar-refractivity contribution in [2.75, 3.05) is 6.61 Å². The molecule has 1 rings (SSSR count). The minimum Gasteiger partial charge on any atom is -0.461 e. The third-order valence-corrected chi connectivity index (χ3v) is 3.70. The van der Waals surface area contributed by atoms with Gasteiger partial charge in [-0.2, -0.15) is 0 Å². The predicted octanol–water partition coefficient (Wildman–Crippen LogP) is 3.43. The first kappa shape index (κ1) is 19.4. The molecule has 7 heteroatoms. The Kier molecular flexibility index (Phi) is 6.16. The molecule has 0 fully saturated rings. The summed E-state index contributed by atoms with van der Waals surface area (Å²) in [5, 5.41) is 5.33. The van der Waals surface area contributed by atoms with Crippen LogP contribution in [-0.2, 0) is 11.3 Å². The van der Waals surface area contributed by atoms with Crippen molar-refractivity contribution in [1.29, 1.82) is 0 Å². The number of thiazole rings is 1. The van der Waals surface area contributed by atoms with E-state index in [9.17, 15) is 9.59 Å². The van der Waals surface area contributed by atoms with Gasteiger partial charge in [-0.05, 0) is 48.5 Å². The first-order chi connectivity index (χ1) is 10.4. The van der Waals surface area contributed by atoms with E-state index in [-0.39, 0.29) is 22.8 Å². The van der Waals surface area contributed by atoms with Gasteiger partial charge >= 0.3 is 12.0 Å². The van der Waals surface area contributed by atoms with Gasteiger partial charge in [-0.3, -0.25) is 0 Å². The van der Waals surface area contributed by atoms with Crippen molar-refractivity contribution < 1.29 is 14.3 Å². The quantitative estimate of drug-likeness (QED) is 0.852. The molecular weight excluding hydrogens is 314 g/mol. The van der Waals surface area contributed by atoms with Gasteiger partial charge in [0.2, 0.25) is 0 Å². The van der Waals surface area contributed by atoms with Crippen LogP contribution < -0.4 is 5.32 Å². The first-order valence-electron chi connectivity index (χ1n) is 7.65. The van der Waals surface area contributed by atoms with Crippen LogP contribution in [0.5, 0.6) is 0 Å². The molecule has 0 aliphatic rings. The van der Waals surface area contributed by atoms with E-state index in [1.54, 1.807) is 17.2 Å². The van der Waals surface area contributed by atoms with Crippen LogP contribution in [0.4, 0.5) is 4.79 Å². The Morgan fingerprint density at radius 1 is 1.26 bits per heavy atom. The highest BCUT2D eigenvalue weighted by atomic mass is 32.1.